The van der Waals surface area contributed by atoms with Crippen LogP contribution in [0.25, 0.3) is 0 Å². The Labute approximate surface area is 183 Å². The van der Waals surface area contributed by atoms with Gasteiger partial charge in [0.25, 0.3) is 5.91 Å². The van der Waals surface area contributed by atoms with Crippen LogP contribution in [0.5, 0.6) is 0 Å². The Balaban J connectivity index is 1.39. The van der Waals surface area contributed by atoms with Gasteiger partial charge in [0.05, 0.1) is 13.1 Å². The van der Waals surface area contributed by atoms with Crippen molar-refractivity contribution in [3.63, 3.8) is 0 Å². The second kappa shape index (κ2) is 8.78. The summed E-state index contributed by atoms with van der Waals surface area (Å²) in [5, 5.41) is 3.52. The molecule has 0 spiro atoms. The molecule has 3 amide bonds. The SMILES string of the molecule is CC[C@]1(c2cccc(Cl)c2)NC(=O)N(C[NH+]2CCC(Cc3ccccc3)CC2)C1=O. The highest BCUT2D eigenvalue weighted by molar-refractivity contribution is 6.30. The number of likely N-dealkylation sites (tertiary alicyclic amines) is 1. The van der Waals surface area contributed by atoms with Crippen molar-refractivity contribution in [1.82, 2.24) is 10.2 Å². The van der Waals surface area contributed by atoms with Crippen molar-refractivity contribution in [2.45, 2.75) is 38.1 Å². The maximum atomic E-state index is 13.3. The van der Waals surface area contributed by atoms with Gasteiger partial charge in [-0.25, -0.2) is 9.69 Å². The highest BCUT2D eigenvalue weighted by Gasteiger charge is 2.52. The Morgan fingerprint density at radius 3 is 2.50 bits per heavy atom. The number of amides is 3. The summed E-state index contributed by atoms with van der Waals surface area (Å²) < 4.78 is 0. The molecule has 2 saturated heterocycles. The smallest absolute Gasteiger partial charge is 0.319 e. The summed E-state index contributed by atoms with van der Waals surface area (Å²) in [7, 11) is 0. The number of hydrogen-bond donors (Lipinski definition) is 2. The predicted octanol–water partition coefficient (Wildman–Crippen LogP) is 2.99. The molecule has 2 aliphatic rings. The van der Waals surface area contributed by atoms with Crippen LogP contribution in [-0.2, 0) is 16.8 Å². The minimum atomic E-state index is -1.02. The molecule has 4 rings (SSSR count). The standard InChI is InChI=1S/C24H28ClN3O2/c1-2-24(20-9-6-10-21(25)16-20)22(29)28(23(30)26-24)17-27-13-11-19(12-14-27)15-18-7-4-3-5-8-18/h3-10,16,19H,2,11-15,17H2,1H3,(H,26,30)/p+1/t24-/m1/s1. The highest BCUT2D eigenvalue weighted by atomic mass is 35.5. The number of benzene rings is 2. The molecule has 0 aliphatic carbocycles. The summed E-state index contributed by atoms with van der Waals surface area (Å²) >= 11 is 6.15. The van der Waals surface area contributed by atoms with Crippen LogP contribution in [0, 0.1) is 5.92 Å². The highest BCUT2D eigenvalue weighted by Crippen LogP contribution is 2.33. The van der Waals surface area contributed by atoms with Crippen molar-refractivity contribution in [3.05, 3.63) is 70.7 Å². The van der Waals surface area contributed by atoms with E-state index in [0.29, 0.717) is 24.0 Å². The minimum Gasteiger partial charge on any atom is -0.319 e. The molecule has 2 fully saturated rings. The van der Waals surface area contributed by atoms with E-state index in [1.165, 1.54) is 15.4 Å². The van der Waals surface area contributed by atoms with E-state index in [0.717, 1.165) is 37.9 Å². The first-order valence-corrected chi connectivity index (χ1v) is 11.2. The van der Waals surface area contributed by atoms with Gasteiger partial charge in [-0.3, -0.25) is 4.79 Å². The van der Waals surface area contributed by atoms with Crippen LogP contribution in [0.2, 0.25) is 5.02 Å². The van der Waals surface area contributed by atoms with Gasteiger partial charge < -0.3 is 10.2 Å². The van der Waals surface area contributed by atoms with Crippen molar-refractivity contribution in [3.8, 4) is 0 Å². The van der Waals surface area contributed by atoms with Crippen molar-refractivity contribution in [2.24, 2.45) is 5.92 Å². The fraction of sp³-hybridized carbons (Fsp3) is 0.417. The fourth-order valence-corrected chi connectivity index (χ4v) is 4.97. The zero-order chi connectivity index (χ0) is 21.1. The zero-order valence-electron chi connectivity index (χ0n) is 17.4. The zero-order valence-corrected chi connectivity index (χ0v) is 18.1. The Kier molecular flexibility index (Phi) is 6.11. The molecule has 2 aromatic carbocycles. The predicted molar refractivity (Wildman–Crippen MR) is 117 cm³/mol. The normalized spacial score (nSPS) is 26.7. The number of carbonyl (C=O) groups excluding carboxylic acids is 2. The first-order chi connectivity index (χ1) is 14.5. The molecule has 2 aromatic rings. The lowest BCUT2D eigenvalue weighted by Gasteiger charge is -2.31. The lowest BCUT2D eigenvalue weighted by molar-refractivity contribution is -0.913. The summed E-state index contributed by atoms with van der Waals surface area (Å²) in [6.07, 6.45) is 3.82. The monoisotopic (exact) mass is 426 g/mol. The molecule has 2 heterocycles. The summed E-state index contributed by atoms with van der Waals surface area (Å²) in [6.45, 7) is 4.30. The van der Waals surface area contributed by atoms with Crippen molar-refractivity contribution in [1.29, 1.82) is 0 Å². The Bertz CT molecular complexity index is 912. The van der Waals surface area contributed by atoms with E-state index in [4.69, 9.17) is 11.6 Å². The van der Waals surface area contributed by atoms with Crippen LogP contribution < -0.4 is 10.2 Å². The molecule has 0 saturated carbocycles. The van der Waals surface area contributed by atoms with E-state index < -0.39 is 5.54 Å². The Morgan fingerprint density at radius 1 is 1.10 bits per heavy atom. The molecule has 0 radical (unpaired) electrons. The average Bonchev–Trinajstić information content (AvgIpc) is 3.01. The van der Waals surface area contributed by atoms with Gasteiger partial charge in [-0.2, -0.15) is 0 Å². The molecule has 158 valence electrons. The number of hydrogen-bond acceptors (Lipinski definition) is 2. The summed E-state index contributed by atoms with van der Waals surface area (Å²) in [5.74, 6) is 0.497. The van der Waals surface area contributed by atoms with E-state index in [-0.39, 0.29) is 11.9 Å². The number of quaternary nitrogens is 1. The molecule has 0 bridgehead atoms. The quantitative estimate of drug-likeness (QED) is 0.698. The van der Waals surface area contributed by atoms with Gasteiger partial charge in [-0.1, -0.05) is 61.0 Å². The number of carbonyl (C=O) groups is 2. The van der Waals surface area contributed by atoms with Gasteiger partial charge in [0.15, 0.2) is 6.67 Å². The van der Waals surface area contributed by atoms with Crippen molar-refractivity contribution in [2.75, 3.05) is 19.8 Å². The Hall–Kier alpha value is -2.37. The van der Waals surface area contributed by atoms with Crippen LogP contribution in [0.3, 0.4) is 0 Å². The number of rotatable bonds is 6. The lowest BCUT2D eigenvalue weighted by atomic mass is 9.87. The van der Waals surface area contributed by atoms with Gasteiger partial charge in [0.1, 0.15) is 5.54 Å². The molecule has 0 aromatic heterocycles. The minimum absolute atomic E-state index is 0.170. The molecule has 2 N–H and O–H groups in total. The third-order valence-electron chi connectivity index (χ3n) is 6.58. The van der Waals surface area contributed by atoms with Crippen molar-refractivity contribution < 1.29 is 14.5 Å². The maximum absolute atomic E-state index is 13.3. The topological polar surface area (TPSA) is 53.9 Å². The fourth-order valence-electron chi connectivity index (χ4n) is 4.78. The molecule has 30 heavy (non-hydrogen) atoms. The first kappa shape index (κ1) is 20.9. The van der Waals surface area contributed by atoms with Gasteiger partial charge >= 0.3 is 6.03 Å². The number of nitrogens with zero attached hydrogens (tertiary/aromatic N) is 1. The molecule has 5 nitrogen and oxygen atoms in total. The van der Waals surface area contributed by atoms with Gasteiger partial charge in [-0.05, 0) is 54.9 Å². The van der Waals surface area contributed by atoms with Crippen LogP contribution in [0.1, 0.15) is 37.3 Å². The van der Waals surface area contributed by atoms with Crippen LogP contribution >= 0.6 is 11.6 Å². The third-order valence-corrected chi connectivity index (χ3v) is 6.82. The molecule has 1 atom stereocenters. The molecular weight excluding hydrogens is 398 g/mol. The molecular formula is C24H29ClN3O2+. The Morgan fingerprint density at radius 2 is 1.83 bits per heavy atom. The number of urea groups is 1. The van der Waals surface area contributed by atoms with E-state index in [1.807, 2.05) is 25.1 Å². The molecule has 2 aliphatic heterocycles. The van der Waals surface area contributed by atoms with E-state index in [9.17, 15) is 9.59 Å². The lowest BCUT2D eigenvalue weighted by Crippen LogP contribution is -3.14. The van der Waals surface area contributed by atoms with E-state index in [1.54, 1.807) is 12.1 Å². The third kappa shape index (κ3) is 4.09. The average molecular weight is 427 g/mol. The van der Waals surface area contributed by atoms with E-state index in [2.05, 4.69) is 29.6 Å². The summed E-state index contributed by atoms with van der Waals surface area (Å²) in [4.78, 5) is 28.8. The van der Waals surface area contributed by atoms with Crippen LogP contribution in [-0.4, -0.2) is 36.6 Å². The second-order valence-electron chi connectivity index (χ2n) is 8.47. The first-order valence-electron chi connectivity index (χ1n) is 10.8. The largest absolute Gasteiger partial charge is 0.329 e. The van der Waals surface area contributed by atoms with Gasteiger partial charge in [0, 0.05) is 5.02 Å². The number of piperidine rings is 1. The summed E-state index contributed by atoms with van der Waals surface area (Å²) in [5.41, 5.74) is 1.11. The maximum Gasteiger partial charge on any atom is 0.329 e. The number of imide groups is 1. The summed E-state index contributed by atoms with van der Waals surface area (Å²) in [6, 6.07) is 17.5. The molecule has 6 heteroatoms. The molecule has 0 unspecified atom stereocenters. The number of nitrogens with one attached hydrogen (secondary N) is 2. The van der Waals surface area contributed by atoms with Gasteiger partial charge in [-0.15, -0.1) is 0 Å². The van der Waals surface area contributed by atoms with Crippen LogP contribution in [0.4, 0.5) is 4.79 Å². The van der Waals surface area contributed by atoms with Crippen LogP contribution in [0.15, 0.2) is 54.6 Å². The van der Waals surface area contributed by atoms with Crippen molar-refractivity contribution >= 4 is 23.5 Å². The van der Waals surface area contributed by atoms with Gasteiger partial charge in [0.2, 0.25) is 0 Å². The second-order valence-corrected chi connectivity index (χ2v) is 8.91. The number of halogens is 1. The van der Waals surface area contributed by atoms with E-state index >= 15 is 0 Å².